The van der Waals surface area contributed by atoms with Gasteiger partial charge in [-0.05, 0) is 17.2 Å². The molecule has 0 aliphatic heterocycles. The average Bonchev–Trinajstić information content (AvgIpc) is 2.80. The summed E-state index contributed by atoms with van der Waals surface area (Å²) in [4.78, 5) is 14.3. The first kappa shape index (κ1) is 10.8. The fraction of sp³-hybridized carbons (Fsp3) is 0.0625. The summed E-state index contributed by atoms with van der Waals surface area (Å²) in [6, 6.07) is 18.2. The summed E-state index contributed by atoms with van der Waals surface area (Å²) in [6.07, 6.45) is 1.40. The van der Waals surface area contributed by atoms with Gasteiger partial charge in [0, 0.05) is 17.3 Å². The Balaban J connectivity index is 2.28. The fourth-order valence-electron chi connectivity index (χ4n) is 2.35. The van der Waals surface area contributed by atoms with E-state index < -0.39 is 0 Å². The molecule has 18 heavy (non-hydrogen) atoms. The van der Waals surface area contributed by atoms with E-state index in [2.05, 4.69) is 23.2 Å². The van der Waals surface area contributed by atoms with E-state index in [1.807, 2.05) is 36.4 Å². The van der Waals surface area contributed by atoms with Crippen LogP contribution in [-0.4, -0.2) is 11.3 Å². The SMILES string of the molecule is O=CCc1c(-c2ccccc2)[nH]c2ccccc12. The number of benzene rings is 2. The second-order valence-electron chi connectivity index (χ2n) is 4.26. The van der Waals surface area contributed by atoms with Gasteiger partial charge in [-0.15, -0.1) is 0 Å². The van der Waals surface area contributed by atoms with Gasteiger partial charge in [-0.3, -0.25) is 0 Å². The van der Waals surface area contributed by atoms with E-state index >= 15 is 0 Å². The van der Waals surface area contributed by atoms with Crippen molar-refractivity contribution >= 4 is 17.2 Å². The molecule has 0 spiro atoms. The van der Waals surface area contributed by atoms with Crippen LogP contribution in [0.25, 0.3) is 22.2 Å². The van der Waals surface area contributed by atoms with Gasteiger partial charge in [0.05, 0.1) is 5.69 Å². The molecule has 0 amide bonds. The van der Waals surface area contributed by atoms with Crippen molar-refractivity contribution in [3.63, 3.8) is 0 Å². The van der Waals surface area contributed by atoms with Crippen LogP contribution in [-0.2, 0) is 11.2 Å². The molecule has 2 heteroatoms. The molecule has 0 bridgehead atoms. The van der Waals surface area contributed by atoms with Crippen molar-refractivity contribution in [2.75, 3.05) is 0 Å². The molecule has 1 N–H and O–H groups in total. The maximum Gasteiger partial charge on any atom is 0.124 e. The Morgan fingerprint density at radius 1 is 0.944 bits per heavy atom. The Morgan fingerprint density at radius 2 is 1.67 bits per heavy atom. The van der Waals surface area contributed by atoms with E-state index in [0.717, 1.165) is 34.0 Å². The topological polar surface area (TPSA) is 32.9 Å². The minimum Gasteiger partial charge on any atom is -0.354 e. The highest BCUT2D eigenvalue weighted by atomic mass is 16.1. The number of aldehydes is 1. The number of carbonyl (C=O) groups excluding carboxylic acids is 1. The number of aromatic amines is 1. The quantitative estimate of drug-likeness (QED) is 0.691. The molecule has 0 saturated carbocycles. The molecule has 0 fully saturated rings. The third kappa shape index (κ3) is 1.72. The molecule has 0 aliphatic rings. The van der Waals surface area contributed by atoms with E-state index in [9.17, 15) is 4.79 Å². The minimum atomic E-state index is 0.439. The molecule has 1 aromatic heterocycles. The third-order valence-corrected chi connectivity index (χ3v) is 3.16. The summed E-state index contributed by atoms with van der Waals surface area (Å²) in [5, 5.41) is 1.13. The van der Waals surface area contributed by atoms with Crippen LogP contribution in [0.1, 0.15) is 5.56 Å². The lowest BCUT2D eigenvalue weighted by molar-refractivity contribution is -0.107. The van der Waals surface area contributed by atoms with Gasteiger partial charge in [-0.25, -0.2) is 0 Å². The van der Waals surface area contributed by atoms with Crippen molar-refractivity contribution in [2.45, 2.75) is 6.42 Å². The maximum absolute atomic E-state index is 10.9. The predicted molar refractivity (Wildman–Crippen MR) is 73.5 cm³/mol. The summed E-state index contributed by atoms with van der Waals surface area (Å²) >= 11 is 0. The molecule has 0 unspecified atom stereocenters. The zero-order chi connectivity index (χ0) is 12.4. The van der Waals surface area contributed by atoms with Crippen molar-refractivity contribution in [3.05, 3.63) is 60.2 Å². The van der Waals surface area contributed by atoms with Crippen molar-refractivity contribution in [2.24, 2.45) is 0 Å². The van der Waals surface area contributed by atoms with Gasteiger partial charge in [0.15, 0.2) is 0 Å². The van der Waals surface area contributed by atoms with E-state index in [4.69, 9.17) is 0 Å². The number of hydrogen-bond acceptors (Lipinski definition) is 1. The lowest BCUT2D eigenvalue weighted by atomic mass is 10.0. The van der Waals surface area contributed by atoms with E-state index in [1.54, 1.807) is 0 Å². The van der Waals surface area contributed by atoms with Crippen LogP contribution in [0.3, 0.4) is 0 Å². The number of rotatable bonds is 3. The Labute approximate surface area is 105 Å². The van der Waals surface area contributed by atoms with Crippen LogP contribution >= 0.6 is 0 Å². The first-order valence-corrected chi connectivity index (χ1v) is 5.99. The lowest BCUT2D eigenvalue weighted by Crippen LogP contribution is -1.88. The highest BCUT2D eigenvalue weighted by molar-refractivity contribution is 5.92. The Hall–Kier alpha value is -2.35. The van der Waals surface area contributed by atoms with Crippen molar-refractivity contribution < 1.29 is 4.79 Å². The lowest BCUT2D eigenvalue weighted by Gasteiger charge is -2.01. The predicted octanol–water partition coefficient (Wildman–Crippen LogP) is 3.58. The molecule has 0 saturated heterocycles. The highest BCUT2D eigenvalue weighted by Crippen LogP contribution is 2.30. The Bertz CT molecular complexity index is 683. The first-order valence-electron chi connectivity index (χ1n) is 5.99. The van der Waals surface area contributed by atoms with E-state index in [1.165, 1.54) is 0 Å². The van der Waals surface area contributed by atoms with Gasteiger partial charge in [0.25, 0.3) is 0 Å². The number of H-pyrrole nitrogens is 1. The number of aromatic nitrogens is 1. The molecule has 1 heterocycles. The number of hydrogen-bond donors (Lipinski definition) is 1. The summed E-state index contributed by atoms with van der Waals surface area (Å²) in [5.41, 5.74) is 4.31. The Morgan fingerprint density at radius 3 is 2.44 bits per heavy atom. The molecule has 0 radical (unpaired) electrons. The van der Waals surface area contributed by atoms with Gasteiger partial charge < -0.3 is 9.78 Å². The van der Waals surface area contributed by atoms with Crippen LogP contribution in [0, 0.1) is 0 Å². The van der Waals surface area contributed by atoms with Gasteiger partial charge >= 0.3 is 0 Å². The first-order chi connectivity index (χ1) is 8.90. The molecule has 88 valence electrons. The number of carbonyl (C=O) groups is 1. The van der Waals surface area contributed by atoms with Crippen LogP contribution in [0.15, 0.2) is 54.6 Å². The second kappa shape index (κ2) is 4.49. The molecule has 0 atom stereocenters. The minimum absolute atomic E-state index is 0.439. The van der Waals surface area contributed by atoms with E-state index in [-0.39, 0.29) is 0 Å². The molecule has 3 aromatic rings. The molecule has 0 aliphatic carbocycles. The van der Waals surface area contributed by atoms with Gasteiger partial charge in [0.1, 0.15) is 6.29 Å². The average molecular weight is 235 g/mol. The zero-order valence-electron chi connectivity index (χ0n) is 9.89. The highest BCUT2D eigenvalue weighted by Gasteiger charge is 2.11. The molecule has 2 nitrogen and oxygen atoms in total. The monoisotopic (exact) mass is 235 g/mol. The molecule has 3 rings (SSSR count). The zero-order valence-corrected chi connectivity index (χ0v) is 9.89. The smallest absolute Gasteiger partial charge is 0.124 e. The van der Waals surface area contributed by atoms with Gasteiger partial charge in [-0.1, -0.05) is 48.5 Å². The van der Waals surface area contributed by atoms with Crippen LogP contribution < -0.4 is 0 Å². The van der Waals surface area contributed by atoms with Gasteiger partial charge in [0.2, 0.25) is 0 Å². The van der Waals surface area contributed by atoms with Crippen LogP contribution in [0.5, 0.6) is 0 Å². The van der Waals surface area contributed by atoms with Gasteiger partial charge in [-0.2, -0.15) is 0 Å². The maximum atomic E-state index is 10.9. The summed E-state index contributed by atoms with van der Waals surface area (Å²) in [5.74, 6) is 0. The van der Waals surface area contributed by atoms with Crippen molar-refractivity contribution in [1.82, 2.24) is 4.98 Å². The normalized spacial score (nSPS) is 10.7. The van der Waals surface area contributed by atoms with Crippen LogP contribution in [0.2, 0.25) is 0 Å². The van der Waals surface area contributed by atoms with Crippen LogP contribution in [0.4, 0.5) is 0 Å². The number of nitrogens with one attached hydrogen (secondary N) is 1. The summed E-state index contributed by atoms with van der Waals surface area (Å²) in [6.45, 7) is 0. The molecular weight excluding hydrogens is 222 g/mol. The number of fused-ring (bicyclic) bond motifs is 1. The standard InChI is InChI=1S/C16H13NO/c18-11-10-14-13-8-4-5-9-15(13)17-16(14)12-6-2-1-3-7-12/h1-9,11,17H,10H2. The summed E-state index contributed by atoms with van der Waals surface area (Å²) < 4.78 is 0. The third-order valence-electron chi connectivity index (χ3n) is 3.16. The van der Waals surface area contributed by atoms with E-state index in [0.29, 0.717) is 6.42 Å². The molecule has 2 aromatic carbocycles. The fourth-order valence-corrected chi connectivity index (χ4v) is 2.35. The van der Waals surface area contributed by atoms with Crippen molar-refractivity contribution in [3.8, 4) is 11.3 Å². The second-order valence-corrected chi connectivity index (χ2v) is 4.26. The summed E-state index contributed by atoms with van der Waals surface area (Å²) in [7, 11) is 0. The number of para-hydroxylation sites is 1. The largest absolute Gasteiger partial charge is 0.354 e. The van der Waals surface area contributed by atoms with Crippen molar-refractivity contribution in [1.29, 1.82) is 0 Å². The Kier molecular flexibility index (Phi) is 2.69. The molecular formula is C16H13NO.